The minimum atomic E-state index is -3.71. The quantitative estimate of drug-likeness (QED) is 0.632. The van der Waals surface area contributed by atoms with Crippen molar-refractivity contribution in [3.05, 3.63) is 65.2 Å². The van der Waals surface area contributed by atoms with Crippen molar-refractivity contribution in [3.8, 4) is 0 Å². The molecule has 0 bridgehead atoms. The minimum absolute atomic E-state index is 0.0397. The smallest absolute Gasteiger partial charge is 0.253 e. The maximum absolute atomic E-state index is 12.8. The van der Waals surface area contributed by atoms with Gasteiger partial charge in [0.15, 0.2) is 5.78 Å². The molecular weight excluding hydrogens is 416 g/mol. The number of ketones is 1. The van der Waals surface area contributed by atoms with E-state index in [9.17, 15) is 18.0 Å². The highest BCUT2D eigenvalue weighted by Gasteiger charge is 2.24. The number of Topliss-reactive ketones (excluding diaryl/α,β-unsaturated/α-hetero) is 1. The maximum atomic E-state index is 12.8. The molecule has 1 aliphatic rings. The van der Waals surface area contributed by atoms with Crippen LogP contribution in [0.25, 0.3) is 0 Å². The third-order valence-electron chi connectivity index (χ3n) is 5.31. The van der Waals surface area contributed by atoms with Crippen LogP contribution in [0.3, 0.4) is 0 Å². The van der Waals surface area contributed by atoms with E-state index in [1.165, 1.54) is 31.2 Å². The first kappa shape index (κ1) is 23.1. The first-order valence-corrected chi connectivity index (χ1v) is 11.9. The second-order valence-corrected chi connectivity index (χ2v) is 9.34. The Morgan fingerprint density at radius 2 is 1.71 bits per heavy atom. The lowest BCUT2D eigenvalue weighted by Gasteiger charge is -2.32. The van der Waals surface area contributed by atoms with Crippen LogP contribution in [0, 0.1) is 0 Å². The number of carbonyl (C=O) groups is 2. The van der Waals surface area contributed by atoms with Gasteiger partial charge in [-0.25, -0.2) is 13.1 Å². The molecule has 1 aliphatic heterocycles. The van der Waals surface area contributed by atoms with Gasteiger partial charge in [-0.05, 0) is 56.5 Å². The topological polar surface area (TPSA) is 92.8 Å². The molecule has 0 aliphatic carbocycles. The van der Waals surface area contributed by atoms with E-state index in [1.54, 1.807) is 24.3 Å². The molecule has 8 heteroatoms. The molecule has 1 amide bonds. The van der Waals surface area contributed by atoms with Crippen LogP contribution in [0.15, 0.2) is 53.4 Å². The highest BCUT2D eigenvalue weighted by Crippen LogP contribution is 2.17. The van der Waals surface area contributed by atoms with Crippen molar-refractivity contribution in [2.24, 2.45) is 0 Å². The second-order valence-electron chi connectivity index (χ2n) is 7.57. The summed E-state index contributed by atoms with van der Waals surface area (Å²) in [4.78, 5) is 26.0. The highest BCUT2D eigenvalue weighted by atomic mass is 32.2. The van der Waals surface area contributed by atoms with E-state index in [0.717, 1.165) is 18.4 Å². The van der Waals surface area contributed by atoms with Gasteiger partial charge in [0.25, 0.3) is 5.91 Å². The number of hydrogen-bond acceptors (Lipinski definition) is 5. The predicted molar refractivity (Wildman–Crippen MR) is 117 cm³/mol. The van der Waals surface area contributed by atoms with E-state index >= 15 is 0 Å². The van der Waals surface area contributed by atoms with Crippen LogP contribution >= 0.6 is 0 Å². The molecule has 1 atom stereocenters. The summed E-state index contributed by atoms with van der Waals surface area (Å²) in [6, 6.07) is 12.7. The fourth-order valence-corrected chi connectivity index (χ4v) is 4.59. The number of likely N-dealkylation sites (tertiary alicyclic amines) is 1. The van der Waals surface area contributed by atoms with E-state index in [1.807, 2.05) is 11.8 Å². The molecule has 1 heterocycles. The van der Waals surface area contributed by atoms with Crippen molar-refractivity contribution in [2.75, 3.05) is 19.7 Å². The van der Waals surface area contributed by atoms with Gasteiger partial charge in [0.1, 0.15) is 0 Å². The van der Waals surface area contributed by atoms with Gasteiger partial charge < -0.3 is 9.64 Å². The predicted octanol–water partition coefficient (Wildman–Crippen LogP) is 3.01. The van der Waals surface area contributed by atoms with Crippen LogP contribution in [-0.2, 0) is 21.3 Å². The summed E-state index contributed by atoms with van der Waals surface area (Å²) in [5.41, 5.74) is 1.77. The lowest BCUT2D eigenvalue weighted by atomic mass is 10.1. The lowest BCUT2D eigenvalue weighted by Crippen LogP contribution is -2.43. The van der Waals surface area contributed by atoms with E-state index in [4.69, 9.17) is 4.74 Å². The van der Waals surface area contributed by atoms with E-state index in [-0.39, 0.29) is 29.2 Å². The molecule has 166 valence electrons. The van der Waals surface area contributed by atoms with Gasteiger partial charge in [-0.15, -0.1) is 0 Å². The first-order chi connectivity index (χ1) is 14.8. The molecule has 0 radical (unpaired) electrons. The van der Waals surface area contributed by atoms with Crippen molar-refractivity contribution in [2.45, 2.75) is 44.2 Å². The van der Waals surface area contributed by atoms with Gasteiger partial charge in [0.2, 0.25) is 10.0 Å². The maximum Gasteiger partial charge on any atom is 0.253 e. The monoisotopic (exact) mass is 444 g/mol. The Morgan fingerprint density at radius 3 is 2.32 bits per heavy atom. The second kappa shape index (κ2) is 10.2. The zero-order chi connectivity index (χ0) is 22.4. The Labute approximate surface area is 183 Å². The summed E-state index contributed by atoms with van der Waals surface area (Å²) in [6.07, 6.45) is 1.97. The number of amides is 1. The number of piperidine rings is 1. The van der Waals surface area contributed by atoms with Crippen LogP contribution in [0.4, 0.5) is 0 Å². The van der Waals surface area contributed by atoms with Gasteiger partial charge in [-0.2, -0.15) is 0 Å². The van der Waals surface area contributed by atoms with E-state index in [2.05, 4.69) is 4.72 Å². The Bertz CT molecular complexity index is 1010. The average Bonchev–Trinajstić information content (AvgIpc) is 2.78. The zero-order valence-corrected chi connectivity index (χ0v) is 18.7. The van der Waals surface area contributed by atoms with Gasteiger partial charge in [-0.1, -0.05) is 24.3 Å². The fourth-order valence-electron chi connectivity index (χ4n) is 3.57. The van der Waals surface area contributed by atoms with Crippen molar-refractivity contribution >= 4 is 21.7 Å². The Hall–Kier alpha value is -2.55. The summed E-state index contributed by atoms with van der Waals surface area (Å²) in [6.45, 7) is 5.43. The molecule has 3 rings (SSSR count). The summed E-state index contributed by atoms with van der Waals surface area (Å²) < 4.78 is 33.2. The number of rotatable bonds is 8. The van der Waals surface area contributed by atoms with Gasteiger partial charge >= 0.3 is 0 Å². The number of ether oxygens (including phenoxy) is 1. The number of nitrogens with zero attached hydrogens (tertiary/aromatic N) is 1. The van der Waals surface area contributed by atoms with Crippen LogP contribution in [-0.4, -0.2) is 50.8 Å². The first-order valence-electron chi connectivity index (χ1n) is 10.4. The summed E-state index contributed by atoms with van der Waals surface area (Å²) >= 11 is 0. The van der Waals surface area contributed by atoms with Crippen molar-refractivity contribution in [1.82, 2.24) is 9.62 Å². The summed E-state index contributed by atoms with van der Waals surface area (Å²) in [5, 5.41) is 0. The average molecular weight is 445 g/mol. The molecule has 31 heavy (non-hydrogen) atoms. The van der Waals surface area contributed by atoms with Gasteiger partial charge in [-0.3, -0.25) is 9.59 Å². The Kier molecular flexibility index (Phi) is 7.59. The van der Waals surface area contributed by atoms with Crippen molar-refractivity contribution in [1.29, 1.82) is 0 Å². The number of nitrogens with one attached hydrogen (secondary N) is 1. The van der Waals surface area contributed by atoms with Crippen molar-refractivity contribution < 1.29 is 22.7 Å². The number of carbonyl (C=O) groups excluding carboxylic acids is 2. The standard InChI is InChI=1S/C23H28N2O5S/c1-3-30-21-5-4-14-25(16-21)23(27)20-8-6-18(7-9-20)15-24-31(28,29)22-12-10-19(11-13-22)17(2)26/h6-13,21,24H,3-5,14-16H2,1-2H3. The SMILES string of the molecule is CCOC1CCCN(C(=O)c2ccc(CNS(=O)(=O)c3ccc(C(C)=O)cc3)cc2)C1. The summed E-state index contributed by atoms with van der Waals surface area (Å²) in [5.74, 6) is -0.161. The van der Waals surface area contributed by atoms with Crippen molar-refractivity contribution in [3.63, 3.8) is 0 Å². The molecule has 7 nitrogen and oxygen atoms in total. The summed E-state index contributed by atoms with van der Waals surface area (Å²) in [7, 11) is -3.71. The Balaban J connectivity index is 1.60. The molecule has 2 aromatic rings. The van der Waals surface area contributed by atoms with Crippen LogP contribution in [0.5, 0.6) is 0 Å². The molecule has 1 fully saturated rings. The molecule has 0 saturated carbocycles. The fraction of sp³-hybridized carbons (Fsp3) is 0.391. The molecule has 1 N–H and O–H groups in total. The minimum Gasteiger partial charge on any atom is -0.377 e. The lowest BCUT2D eigenvalue weighted by molar-refractivity contribution is 0.00724. The number of hydrogen-bond donors (Lipinski definition) is 1. The molecule has 1 unspecified atom stereocenters. The number of benzene rings is 2. The normalized spacial score (nSPS) is 16.8. The van der Waals surface area contributed by atoms with Crippen LogP contribution < -0.4 is 4.72 Å². The molecule has 2 aromatic carbocycles. The molecular formula is C23H28N2O5S. The third-order valence-corrected chi connectivity index (χ3v) is 6.72. The Morgan fingerprint density at radius 1 is 1.06 bits per heavy atom. The van der Waals surface area contributed by atoms with Gasteiger partial charge in [0.05, 0.1) is 11.0 Å². The van der Waals surface area contributed by atoms with Crippen LogP contribution in [0.1, 0.15) is 53.0 Å². The largest absolute Gasteiger partial charge is 0.377 e. The molecule has 0 aromatic heterocycles. The molecule has 0 spiro atoms. The van der Waals surface area contributed by atoms with E-state index in [0.29, 0.717) is 30.8 Å². The molecule has 1 saturated heterocycles. The zero-order valence-electron chi connectivity index (χ0n) is 17.8. The van der Waals surface area contributed by atoms with Gasteiger partial charge in [0, 0.05) is 37.4 Å². The van der Waals surface area contributed by atoms with E-state index < -0.39 is 10.0 Å². The highest BCUT2D eigenvalue weighted by molar-refractivity contribution is 7.89. The third kappa shape index (κ3) is 6.00. The van der Waals surface area contributed by atoms with Crippen LogP contribution in [0.2, 0.25) is 0 Å². The number of sulfonamides is 1.